The number of hydrogen-bond donors (Lipinski definition) is 1. The molecule has 1 aliphatic rings. The molecule has 26 heavy (non-hydrogen) atoms. The summed E-state index contributed by atoms with van der Waals surface area (Å²) in [6.45, 7) is 9.71. The number of nitrogens with one attached hydrogen (secondary N) is 1. The number of pyridine rings is 1. The van der Waals surface area contributed by atoms with Crippen LogP contribution in [-0.4, -0.2) is 31.7 Å². The van der Waals surface area contributed by atoms with Gasteiger partial charge in [-0.2, -0.15) is 0 Å². The second kappa shape index (κ2) is 6.37. The smallest absolute Gasteiger partial charge is 0.399 e. The van der Waals surface area contributed by atoms with E-state index < -0.39 is 28.3 Å². The summed E-state index contributed by atoms with van der Waals surface area (Å²) >= 11 is 0. The zero-order valence-electron chi connectivity index (χ0n) is 15.6. The number of aryl methyl sites for hydroxylation is 1. The first kappa shape index (κ1) is 18.9. The van der Waals surface area contributed by atoms with Crippen LogP contribution in [0.3, 0.4) is 0 Å². The minimum atomic E-state index is -3.71. The van der Waals surface area contributed by atoms with Gasteiger partial charge in [0.1, 0.15) is 5.82 Å². The molecule has 1 aliphatic heterocycles. The van der Waals surface area contributed by atoms with Crippen LogP contribution >= 0.6 is 0 Å². The molecular weight excluding hydrogens is 351 g/mol. The second-order valence-electron chi connectivity index (χ2n) is 7.43. The quantitative estimate of drug-likeness (QED) is 0.832. The molecule has 1 fully saturated rings. The van der Waals surface area contributed by atoms with E-state index in [2.05, 4.69) is 9.71 Å². The van der Waals surface area contributed by atoms with Crippen LogP contribution in [0.15, 0.2) is 47.4 Å². The first-order valence-electron chi connectivity index (χ1n) is 8.42. The highest BCUT2D eigenvalue weighted by molar-refractivity contribution is 7.92. The maximum absolute atomic E-state index is 12.5. The van der Waals surface area contributed by atoms with Crippen molar-refractivity contribution in [3.63, 3.8) is 0 Å². The van der Waals surface area contributed by atoms with Gasteiger partial charge in [0.2, 0.25) is 0 Å². The standard InChI is InChI=1S/C18H23BN2O4S/c1-13-7-6-8-16(20-13)21-26(22,23)15-11-9-14(10-12-15)19-24-17(2,3)18(4,5)25-19/h6-12H,1-5H3,(H,20,21). The van der Waals surface area contributed by atoms with Crippen molar-refractivity contribution in [2.75, 3.05) is 4.72 Å². The van der Waals surface area contributed by atoms with Crippen LogP contribution in [0.2, 0.25) is 0 Å². The first-order valence-corrected chi connectivity index (χ1v) is 9.91. The topological polar surface area (TPSA) is 77.5 Å². The molecule has 2 aromatic rings. The lowest BCUT2D eigenvalue weighted by atomic mass is 9.79. The molecule has 2 heterocycles. The number of hydrogen-bond acceptors (Lipinski definition) is 5. The predicted octanol–water partition coefficient (Wildman–Crippen LogP) is 2.49. The van der Waals surface area contributed by atoms with Crippen molar-refractivity contribution in [3.8, 4) is 0 Å². The van der Waals surface area contributed by atoms with Gasteiger partial charge in [-0.05, 0) is 64.3 Å². The molecule has 138 valence electrons. The lowest BCUT2D eigenvalue weighted by Gasteiger charge is -2.32. The highest BCUT2D eigenvalue weighted by atomic mass is 32.2. The fourth-order valence-electron chi connectivity index (χ4n) is 2.58. The number of sulfonamides is 1. The Balaban J connectivity index is 1.79. The Bertz CT molecular complexity index is 895. The fourth-order valence-corrected chi connectivity index (χ4v) is 3.58. The van der Waals surface area contributed by atoms with Crippen LogP contribution in [0.25, 0.3) is 0 Å². The van der Waals surface area contributed by atoms with Gasteiger partial charge in [-0.1, -0.05) is 18.2 Å². The Hall–Kier alpha value is -1.90. The molecule has 8 heteroatoms. The monoisotopic (exact) mass is 374 g/mol. The van der Waals surface area contributed by atoms with Gasteiger partial charge >= 0.3 is 7.12 Å². The van der Waals surface area contributed by atoms with E-state index >= 15 is 0 Å². The zero-order valence-corrected chi connectivity index (χ0v) is 16.4. The molecule has 1 aromatic carbocycles. The summed E-state index contributed by atoms with van der Waals surface area (Å²) in [6, 6.07) is 11.7. The molecule has 0 amide bonds. The summed E-state index contributed by atoms with van der Waals surface area (Å²) in [4.78, 5) is 4.32. The maximum atomic E-state index is 12.5. The van der Waals surface area contributed by atoms with Crippen molar-refractivity contribution in [2.45, 2.75) is 50.7 Å². The van der Waals surface area contributed by atoms with Crippen molar-refractivity contribution < 1.29 is 17.7 Å². The zero-order chi connectivity index (χ0) is 19.2. The molecule has 3 rings (SSSR count). The third-order valence-corrected chi connectivity index (χ3v) is 6.21. The molecule has 1 aromatic heterocycles. The maximum Gasteiger partial charge on any atom is 0.494 e. The van der Waals surface area contributed by atoms with Gasteiger partial charge in [-0.25, -0.2) is 13.4 Å². The summed E-state index contributed by atoms with van der Waals surface area (Å²) in [5, 5.41) is 0. The largest absolute Gasteiger partial charge is 0.494 e. The van der Waals surface area contributed by atoms with Crippen molar-refractivity contribution in [3.05, 3.63) is 48.2 Å². The molecule has 0 bridgehead atoms. The van der Waals surface area contributed by atoms with E-state index in [0.29, 0.717) is 5.82 Å². The van der Waals surface area contributed by atoms with Gasteiger partial charge in [0, 0.05) is 5.69 Å². The summed E-state index contributed by atoms with van der Waals surface area (Å²) in [6.07, 6.45) is 0. The number of benzene rings is 1. The van der Waals surface area contributed by atoms with E-state index in [1.165, 1.54) is 0 Å². The van der Waals surface area contributed by atoms with Crippen LogP contribution in [0.1, 0.15) is 33.4 Å². The van der Waals surface area contributed by atoms with Gasteiger partial charge in [-0.15, -0.1) is 0 Å². The van der Waals surface area contributed by atoms with E-state index in [4.69, 9.17) is 9.31 Å². The number of anilines is 1. The number of nitrogens with zero attached hydrogens (tertiary/aromatic N) is 1. The van der Waals surface area contributed by atoms with Gasteiger partial charge in [-0.3, -0.25) is 4.72 Å². The van der Waals surface area contributed by atoms with E-state index in [1.807, 2.05) is 27.7 Å². The van der Waals surface area contributed by atoms with Crippen molar-refractivity contribution in [1.29, 1.82) is 0 Å². The van der Waals surface area contributed by atoms with Crippen molar-refractivity contribution in [1.82, 2.24) is 4.98 Å². The lowest BCUT2D eigenvalue weighted by molar-refractivity contribution is 0.00578. The molecule has 0 unspecified atom stereocenters. The molecule has 6 nitrogen and oxygen atoms in total. The molecule has 0 aliphatic carbocycles. The Labute approximate surface area is 155 Å². The van der Waals surface area contributed by atoms with Crippen LogP contribution in [-0.2, 0) is 19.3 Å². The summed E-state index contributed by atoms with van der Waals surface area (Å²) in [5.41, 5.74) is 0.624. The Morgan fingerprint density at radius 2 is 1.54 bits per heavy atom. The van der Waals surface area contributed by atoms with Crippen LogP contribution < -0.4 is 10.2 Å². The van der Waals surface area contributed by atoms with Gasteiger partial charge in [0.05, 0.1) is 16.1 Å². The number of aromatic nitrogens is 1. The Morgan fingerprint density at radius 3 is 2.08 bits per heavy atom. The summed E-state index contributed by atoms with van der Waals surface area (Å²) in [5.74, 6) is 0.292. The van der Waals surface area contributed by atoms with E-state index in [-0.39, 0.29) is 4.90 Å². The predicted molar refractivity (Wildman–Crippen MR) is 102 cm³/mol. The van der Waals surface area contributed by atoms with Gasteiger partial charge in [0.25, 0.3) is 10.0 Å². The first-order chi connectivity index (χ1) is 12.0. The van der Waals surface area contributed by atoms with Crippen LogP contribution in [0, 0.1) is 6.92 Å². The third-order valence-electron chi connectivity index (χ3n) is 4.84. The summed E-state index contributed by atoms with van der Waals surface area (Å²) < 4.78 is 39.5. The van der Waals surface area contributed by atoms with E-state index in [9.17, 15) is 8.42 Å². The molecule has 1 N–H and O–H groups in total. The van der Waals surface area contributed by atoms with Crippen LogP contribution in [0.5, 0.6) is 0 Å². The summed E-state index contributed by atoms with van der Waals surface area (Å²) in [7, 11) is -4.24. The van der Waals surface area contributed by atoms with Crippen molar-refractivity contribution >= 4 is 28.4 Å². The highest BCUT2D eigenvalue weighted by Crippen LogP contribution is 2.36. The van der Waals surface area contributed by atoms with Crippen LogP contribution in [0.4, 0.5) is 5.82 Å². The molecule has 0 atom stereocenters. The minimum absolute atomic E-state index is 0.154. The molecular formula is C18H23BN2O4S. The molecule has 0 radical (unpaired) electrons. The molecule has 0 saturated carbocycles. The molecule has 1 saturated heterocycles. The van der Waals surface area contributed by atoms with E-state index in [0.717, 1.165) is 11.2 Å². The molecule has 0 spiro atoms. The SMILES string of the molecule is Cc1cccc(NS(=O)(=O)c2ccc(B3OC(C)(C)C(C)(C)O3)cc2)n1. The average Bonchev–Trinajstić information content (AvgIpc) is 2.75. The lowest BCUT2D eigenvalue weighted by Crippen LogP contribution is -2.41. The fraction of sp³-hybridized carbons (Fsp3) is 0.389. The third kappa shape index (κ3) is 3.63. The second-order valence-corrected chi connectivity index (χ2v) is 9.11. The number of rotatable bonds is 4. The van der Waals surface area contributed by atoms with Gasteiger partial charge < -0.3 is 9.31 Å². The minimum Gasteiger partial charge on any atom is -0.399 e. The normalized spacial score (nSPS) is 18.7. The van der Waals surface area contributed by atoms with Gasteiger partial charge in [0.15, 0.2) is 0 Å². The Morgan fingerprint density at radius 1 is 0.962 bits per heavy atom. The van der Waals surface area contributed by atoms with E-state index in [1.54, 1.807) is 49.4 Å². The average molecular weight is 374 g/mol. The van der Waals surface area contributed by atoms with Crippen molar-refractivity contribution in [2.24, 2.45) is 0 Å². The Kier molecular flexibility index (Phi) is 4.63. The highest BCUT2D eigenvalue weighted by Gasteiger charge is 2.51.